The number of anilines is 1. The van der Waals surface area contributed by atoms with E-state index < -0.39 is 0 Å². The van der Waals surface area contributed by atoms with Gasteiger partial charge in [0.2, 0.25) is 5.95 Å². The predicted molar refractivity (Wildman–Crippen MR) is 79.8 cm³/mol. The summed E-state index contributed by atoms with van der Waals surface area (Å²) in [5.74, 6) is 1.92. The molecule has 3 rings (SSSR count). The van der Waals surface area contributed by atoms with E-state index in [0.717, 1.165) is 22.4 Å². The van der Waals surface area contributed by atoms with Gasteiger partial charge in [0.1, 0.15) is 11.5 Å². The van der Waals surface area contributed by atoms with Crippen molar-refractivity contribution >= 4 is 17.0 Å². The van der Waals surface area contributed by atoms with Crippen LogP contribution in [0.5, 0.6) is 11.5 Å². The third-order valence-corrected chi connectivity index (χ3v) is 3.20. The highest BCUT2D eigenvalue weighted by atomic mass is 16.5. The average molecular weight is 285 g/mol. The Bertz CT molecular complexity index is 784. The molecule has 2 heterocycles. The number of H-pyrrole nitrogens is 1. The van der Waals surface area contributed by atoms with E-state index in [-0.39, 0.29) is 0 Å². The molecule has 0 aliphatic rings. The average Bonchev–Trinajstić information content (AvgIpc) is 3.01. The van der Waals surface area contributed by atoms with Crippen LogP contribution in [0.3, 0.4) is 0 Å². The highest BCUT2D eigenvalue weighted by Gasteiger charge is 2.15. The summed E-state index contributed by atoms with van der Waals surface area (Å²) in [7, 11) is 5.00. The molecule has 0 atom stereocenters. The zero-order valence-electron chi connectivity index (χ0n) is 12.0. The number of hydrogen-bond acceptors (Lipinski definition) is 6. The maximum Gasteiger partial charge on any atom is 0.225 e. The van der Waals surface area contributed by atoms with E-state index >= 15 is 0 Å². The zero-order valence-corrected chi connectivity index (χ0v) is 12.0. The van der Waals surface area contributed by atoms with Crippen molar-refractivity contribution in [2.24, 2.45) is 0 Å². The number of benzene rings is 1. The Hall–Kier alpha value is -2.83. The molecule has 0 spiro atoms. The van der Waals surface area contributed by atoms with Crippen LogP contribution in [-0.2, 0) is 0 Å². The first kappa shape index (κ1) is 13.2. The van der Waals surface area contributed by atoms with Crippen molar-refractivity contribution in [1.29, 1.82) is 0 Å². The maximum absolute atomic E-state index is 5.45. The lowest BCUT2D eigenvalue weighted by Gasteiger charge is -2.11. The van der Waals surface area contributed by atoms with Gasteiger partial charge in [0.15, 0.2) is 5.65 Å². The Kier molecular flexibility index (Phi) is 3.31. The molecule has 0 unspecified atom stereocenters. The molecule has 0 aliphatic carbocycles. The summed E-state index contributed by atoms with van der Waals surface area (Å²) in [5.41, 5.74) is 2.27. The van der Waals surface area contributed by atoms with E-state index in [4.69, 9.17) is 9.47 Å². The lowest BCUT2D eigenvalue weighted by Crippen LogP contribution is -1.99. The molecular weight excluding hydrogens is 270 g/mol. The van der Waals surface area contributed by atoms with Crippen molar-refractivity contribution in [1.82, 2.24) is 20.2 Å². The minimum atomic E-state index is 0.514. The fourth-order valence-electron chi connectivity index (χ4n) is 2.15. The summed E-state index contributed by atoms with van der Waals surface area (Å²) in [6, 6.07) is 5.60. The second-order valence-corrected chi connectivity index (χ2v) is 4.34. The van der Waals surface area contributed by atoms with E-state index in [1.807, 2.05) is 18.2 Å². The number of aromatic amines is 1. The summed E-state index contributed by atoms with van der Waals surface area (Å²) in [6.07, 6.45) is 1.70. The van der Waals surface area contributed by atoms with Crippen molar-refractivity contribution in [3.63, 3.8) is 0 Å². The number of aromatic nitrogens is 4. The first-order chi connectivity index (χ1) is 10.3. The van der Waals surface area contributed by atoms with Crippen LogP contribution in [0, 0.1) is 0 Å². The SMILES string of the molecule is CNc1nc(-c2ccc(OC)cc2OC)c2cn[nH]c2n1. The van der Waals surface area contributed by atoms with Crippen molar-refractivity contribution in [2.75, 3.05) is 26.6 Å². The third kappa shape index (κ3) is 2.22. The summed E-state index contributed by atoms with van der Waals surface area (Å²) in [5, 5.41) is 10.7. The van der Waals surface area contributed by atoms with Gasteiger partial charge in [-0.15, -0.1) is 0 Å². The molecule has 1 aromatic carbocycles. The van der Waals surface area contributed by atoms with Crippen LogP contribution in [0.2, 0.25) is 0 Å². The normalized spacial score (nSPS) is 10.6. The number of ether oxygens (including phenoxy) is 2. The molecule has 0 aliphatic heterocycles. The molecule has 108 valence electrons. The molecule has 0 saturated carbocycles. The molecule has 2 N–H and O–H groups in total. The smallest absolute Gasteiger partial charge is 0.225 e. The lowest BCUT2D eigenvalue weighted by atomic mass is 10.1. The number of nitrogens with zero attached hydrogens (tertiary/aromatic N) is 3. The van der Waals surface area contributed by atoms with Gasteiger partial charge in [-0.1, -0.05) is 0 Å². The Morgan fingerprint density at radius 2 is 2.00 bits per heavy atom. The summed E-state index contributed by atoms with van der Waals surface area (Å²) < 4.78 is 10.7. The number of methoxy groups -OCH3 is 2. The molecule has 0 amide bonds. The van der Waals surface area contributed by atoms with E-state index in [1.165, 1.54) is 0 Å². The highest BCUT2D eigenvalue weighted by Crippen LogP contribution is 2.35. The summed E-state index contributed by atoms with van der Waals surface area (Å²) in [4.78, 5) is 8.85. The molecule has 0 bridgehead atoms. The van der Waals surface area contributed by atoms with Gasteiger partial charge in [0.25, 0.3) is 0 Å². The second-order valence-electron chi connectivity index (χ2n) is 4.34. The number of nitrogens with one attached hydrogen (secondary N) is 2. The van der Waals surface area contributed by atoms with E-state index in [1.54, 1.807) is 27.5 Å². The topological polar surface area (TPSA) is 85.0 Å². The fraction of sp³-hybridized carbons (Fsp3) is 0.214. The minimum absolute atomic E-state index is 0.514. The Balaban J connectivity index is 2.26. The van der Waals surface area contributed by atoms with E-state index in [0.29, 0.717) is 17.3 Å². The predicted octanol–water partition coefficient (Wildman–Crippen LogP) is 2.08. The zero-order chi connectivity index (χ0) is 14.8. The van der Waals surface area contributed by atoms with E-state index in [9.17, 15) is 0 Å². The highest BCUT2D eigenvalue weighted by molar-refractivity contribution is 5.92. The van der Waals surface area contributed by atoms with Crippen molar-refractivity contribution in [3.8, 4) is 22.8 Å². The molecular formula is C14H15N5O2. The Labute approximate surface area is 121 Å². The number of hydrogen-bond donors (Lipinski definition) is 2. The summed E-state index contributed by atoms with van der Waals surface area (Å²) >= 11 is 0. The van der Waals surface area contributed by atoms with Gasteiger partial charge in [-0.05, 0) is 12.1 Å². The van der Waals surface area contributed by atoms with E-state index in [2.05, 4.69) is 25.5 Å². The first-order valence-electron chi connectivity index (χ1n) is 6.38. The maximum atomic E-state index is 5.45. The third-order valence-electron chi connectivity index (χ3n) is 3.20. The van der Waals surface area contributed by atoms with Crippen LogP contribution in [0.4, 0.5) is 5.95 Å². The molecule has 21 heavy (non-hydrogen) atoms. The Morgan fingerprint density at radius 1 is 1.14 bits per heavy atom. The lowest BCUT2D eigenvalue weighted by molar-refractivity contribution is 0.395. The van der Waals surface area contributed by atoms with Crippen molar-refractivity contribution < 1.29 is 9.47 Å². The molecule has 0 fully saturated rings. The van der Waals surface area contributed by atoms with Crippen molar-refractivity contribution in [3.05, 3.63) is 24.4 Å². The molecule has 2 aromatic heterocycles. The van der Waals surface area contributed by atoms with Gasteiger partial charge in [-0.25, -0.2) is 4.98 Å². The van der Waals surface area contributed by atoms with Gasteiger partial charge in [0.05, 0.1) is 31.5 Å². The van der Waals surface area contributed by atoms with Gasteiger partial charge in [-0.3, -0.25) is 5.10 Å². The van der Waals surface area contributed by atoms with Crippen LogP contribution >= 0.6 is 0 Å². The van der Waals surface area contributed by atoms with Crippen LogP contribution in [-0.4, -0.2) is 41.4 Å². The van der Waals surface area contributed by atoms with Crippen LogP contribution in [0.1, 0.15) is 0 Å². The first-order valence-corrected chi connectivity index (χ1v) is 6.38. The number of rotatable bonds is 4. The minimum Gasteiger partial charge on any atom is -0.497 e. The Morgan fingerprint density at radius 3 is 2.71 bits per heavy atom. The molecule has 3 aromatic rings. The van der Waals surface area contributed by atoms with Gasteiger partial charge in [0, 0.05) is 18.7 Å². The largest absolute Gasteiger partial charge is 0.497 e. The summed E-state index contributed by atoms with van der Waals surface area (Å²) in [6.45, 7) is 0. The van der Waals surface area contributed by atoms with Crippen molar-refractivity contribution in [2.45, 2.75) is 0 Å². The molecule has 7 nitrogen and oxygen atoms in total. The molecule has 0 saturated heterocycles. The quantitative estimate of drug-likeness (QED) is 0.763. The monoisotopic (exact) mass is 285 g/mol. The molecule has 7 heteroatoms. The van der Waals surface area contributed by atoms with Crippen LogP contribution in [0.25, 0.3) is 22.3 Å². The standard InChI is InChI=1S/C14H15N5O2/c1-15-14-17-12(10-7-16-19-13(10)18-14)9-5-4-8(20-2)6-11(9)21-3/h4-7H,1-3H3,(H2,15,16,17,18,19). The molecule has 0 radical (unpaired) electrons. The van der Waals surface area contributed by atoms with Gasteiger partial charge < -0.3 is 14.8 Å². The fourth-order valence-corrected chi connectivity index (χ4v) is 2.15. The number of fused-ring (bicyclic) bond motifs is 1. The van der Waals surface area contributed by atoms with Gasteiger partial charge in [-0.2, -0.15) is 10.1 Å². The van der Waals surface area contributed by atoms with Crippen LogP contribution < -0.4 is 14.8 Å². The van der Waals surface area contributed by atoms with Crippen LogP contribution in [0.15, 0.2) is 24.4 Å². The second kappa shape index (κ2) is 5.28. The van der Waals surface area contributed by atoms with Gasteiger partial charge >= 0.3 is 0 Å².